The van der Waals surface area contributed by atoms with Crippen molar-refractivity contribution in [2.75, 3.05) is 6.61 Å². The van der Waals surface area contributed by atoms with Crippen LogP contribution in [0.25, 0.3) is 0 Å². The molecule has 2 aromatic rings. The highest BCUT2D eigenvalue weighted by molar-refractivity contribution is 7.13. The smallest absolute Gasteiger partial charge is 0.345 e. The lowest BCUT2D eigenvalue weighted by Crippen LogP contribution is -2.22. The van der Waals surface area contributed by atoms with Gasteiger partial charge in [-0.1, -0.05) is 0 Å². The van der Waals surface area contributed by atoms with Gasteiger partial charge in [-0.25, -0.2) is 13.6 Å². The molecule has 24 heavy (non-hydrogen) atoms. The number of hydrogen-bond acceptors (Lipinski definition) is 4. The van der Waals surface area contributed by atoms with E-state index in [0.29, 0.717) is 6.42 Å². The van der Waals surface area contributed by atoms with E-state index in [9.17, 15) is 18.4 Å². The summed E-state index contributed by atoms with van der Waals surface area (Å²) in [5, 5.41) is 11.5. The second-order valence-corrected chi connectivity index (χ2v) is 6.04. The van der Waals surface area contributed by atoms with Gasteiger partial charge in [0.15, 0.2) is 11.6 Å². The van der Waals surface area contributed by atoms with E-state index in [1.165, 1.54) is 12.1 Å². The molecule has 5 nitrogen and oxygen atoms in total. The third kappa shape index (κ3) is 5.31. The Balaban J connectivity index is 1.66. The van der Waals surface area contributed by atoms with Crippen LogP contribution in [0.4, 0.5) is 8.78 Å². The van der Waals surface area contributed by atoms with Crippen molar-refractivity contribution in [1.29, 1.82) is 0 Å². The molecule has 0 saturated heterocycles. The second-order valence-electron chi connectivity index (χ2n) is 4.87. The first-order chi connectivity index (χ1) is 11.5. The summed E-state index contributed by atoms with van der Waals surface area (Å²) in [5.41, 5.74) is 0. The number of ether oxygens (including phenoxy) is 1. The van der Waals surface area contributed by atoms with Crippen molar-refractivity contribution < 1.29 is 28.2 Å². The predicted octanol–water partition coefficient (Wildman–Crippen LogP) is 3.20. The van der Waals surface area contributed by atoms with Crippen LogP contribution in [0.5, 0.6) is 5.75 Å². The molecule has 0 fully saturated rings. The average Bonchev–Trinajstić information content (AvgIpc) is 3.00. The zero-order valence-electron chi connectivity index (χ0n) is 12.6. The minimum absolute atomic E-state index is 0.0587. The number of carboxylic acids is 1. The lowest BCUT2D eigenvalue weighted by atomic mass is 10.3. The molecule has 1 amide bonds. The lowest BCUT2D eigenvalue weighted by Gasteiger charge is -2.07. The van der Waals surface area contributed by atoms with Gasteiger partial charge in [0.2, 0.25) is 5.91 Å². The van der Waals surface area contributed by atoms with E-state index in [2.05, 4.69) is 5.32 Å². The number of amides is 1. The molecule has 0 bridgehead atoms. The third-order valence-corrected chi connectivity index (χ3v) is 4.11. The summed E-state index contributed by atoms with van der Waals surface area (Å²) in [4.78, 5) is 23.4. The van der Waals surface area contributed by atoms with Gasteiger partial charge in [0.1, 0.15) is 10.7 Å². The van der Waals surface area contributed by atoms with E-state index in [1.54, 1.807) is 6.07 Å². The third-order valence-electron chi connectivity index (χ3n) is 3.03. The van der Waals surface area contributed by atoms with Crippen LogP contribution in [-0.4, -0.2) is 23.6 Å². The van der Waals surface area contributed by atoms with Crippen LogP contribution in [0.2, 0.25) is 0 Å². The van der Waals surface area contributed by atoms with Crippen LogP contribution in [0.1, 0.15) is 27.4 Å². The SMILES string of the molecule is O=C(CCCOc1ccc(F)cc1F)NCc1ccc(C(=O)O)s1. The maximum Gasteiger partial charge on any atom is 0.345 e. The number of aromatic carboxylic acids is 1. The quantitative estimate of drug-likeness (QED) is 0.713. The number of carbonyl (C=O) groups excluding carboxylic acids is 1. The largest absolute Gasteiger partial charge is 0.491 e. The Kier molecular flexibility index (Phi) is 6.25. The van der Waals surface area contributed by atoms with Crippen molar-refractivity contribution >= 4 is 23.2 Å². The Hall–Kier alpha value is -2.48. The fourth-order valence-electron chi connectivity index (χ4n) is 1.87. The fourth-order valence-corrected chi connectivity index (χ4v) is 2.66. The van der Waals surface area contributed by atoms with Crippen molar-refractivity contribution in [3.05, 3.63) is 51.7 Å². The standard InChI is InChI=1S/C16H15F2NO4S/c17-10-3-5-13(12(18)8-10)23-7-1-2-15(20)19-9-11-4-6-14(24-11)16(21)22/h3-6,8H,1-2,7,9H2,(H,19,20)(H,21,22). The van der Waals surface area contributed by atoms with Crippen molar-refractivity contribution in [3.8, 4) is 5.75 Å². The summed E-state index contributed by atoms with van der Waals surface area (Å²) < 4.78 is 31.2. The van der Waals surface area contributed by atoms with Crippen LogP contribution in [0.15, 0.2) is 30.3 Å². The summed E-state index contributed by atoms with van der Waals surface area (Å²) in [6.07, 6.45) is 0.549. The van der Waals surface area contributed by atoms with E-state index in [1.807, 2.05) is 0 Å². The molecule has 0 spiro atoms. The summed E-state index contributed by atoms with van der Waals surface area (Å²) in [6.45, 7) is 0.377. The Labute approximate surface area is 140 Å². The van der Waals surface area contributed by atoms with Gasteiger partial charge in [-0.05, 0) is 30.7 Å². The monoisotopic (exact) mass is 355 g/mol. The Morgan fingerprint density at radius 2 is 2.00 bits per heavy atom. The molecular formula is C16H15F2NO4S. The number of benzene rings is 1. The van der Waals surface area contributed by atoms with E-state index < -0.39 is 17.6 Å². The maximum atomic E-state index is 13.3. The lowest BCUT2D eigenvalue weighted by molar-refractivity contribution is -0.121. The van der Waals surface area contributed by atoms with Gasteiger partial charge in [0.05, 0.1) is 13.2 Å². The first-order valence-corrected chi connectivity index (χ1v) is 7.94. The van der Waals surface area contributed by atoms with Crippen molar-refractivity contribution in [1.82, 2.24) is 5.32 Å². The Morgan fingerprint density at radius 1 is 1.21 bits per heavy atom. The molecule has 128 valence electrons. The number of carboxylic acid groups (broad SMARTS) is 1. The first kappa shape index (κ1) is 17.9. The van der Waals surface area contributed by atoms with Crippen LogP contribution in [-0.2, 0) is 11.3 Å². The zero-order valence-corrected chi connectivity index (χ0v) is 13.4. The molecule has 8 heteroatoms. The summed E-state index contributed by atoms with van der Waals surface area (Å²) in [6, 6.07) is 6.15. The van der Waals surface area contributed by atoms with Crippen molar-refractivity contribution in [2.45, 2.75) is 19.4 Å². The molecule has 1 aromatic carbocycles. The summed E-state index contributed by atoms with van der Waals surface area (Å²) in [5.74, 6) is -2.74. The first-order valence-electron chi connectivity index (χ1n) is 7.12. The minimum Gasteiger partial charge on any atom is -0.491 e. The molecule has 0 aliphatic carbocycles. The Bertz CT molecular complexity index is 733. The van der Waals surface area contributed by atoms with Crippen LogP contribution in [0.3, 0.4) is 0 Å². The molecule has 0 aliphatic rings. The van der Waals surface area contributed by atoms with Crippen molar-refractivity contribution in [3.63, 3.8) is 0 Å². The molecule has 0 radical (unpaired) electrons. The zero-order chi connectivity index (χ0) is 17.5. The van der Waals surface area contributed by atoms with Gasteiger partial charge in [-0.2, -0.15) is 0 Å². The summed E-state index contributed by atoms with van der Waals surface area (Å²) >= 11 is 1.10. The van der Waals surface area contributed by atoms with Gasteiger partial charge in [-0.3, -0.25) is 4.79 Å². The van der Waals surface area contributed by atoms with Gasteiger partial charge in [-0.15, -0.1) is 11.3 Å². The predicted molar refractivity (Wildman–Crippen MR) is 84.2 cm³/mol. The van der Waals surface area contributed by atoms with Crippen LogP contribution >= 0.6 is 11.3 Å². The molecule has 0 unspecified atom stereocenters. The van der Waals surface area contributed by atoms with Gasteiger partial charge in [0.25, 0.3) is 0 Å². The molecule has 0 atom stereocenters. The highest BCUT2D eigenvalue weighted by atomic mass is 32.1. The molecule has 0 saturated carbocycles. The van der Waals surface area contributed by atoms with Gasteiger partial charge in [0, 0.05) is 17.4 Å². The fraction of sp³-hybridized carbons (Fsp3) is 0.250. The number of hydrogen-bond donors (Lipinski definition) is 2. The molecule has 1 aromatic heterocycles. The highest BCUT2D eigenvalue weighted by Gasteiger charge is 2.09. The summed E-state index contributed by atoms with van der Waals surface area (Å²) in [7, 11) is 0. The van der Waals surface area contributed by atoms with Gasteiger partial charge < -0.3 is 15.2 Å². The van der Waals surface area contributed by atoms with E-state index in [0.717, 1.165) is 28.3 Å². The van der Waals surface area contributed by atoms with E-state index >= 15 is 0 Å². The van der Waals surface area contributed by atoms with Crippen molar-refractivity contribution in [2.24, 2.45) is 0 Å². The number of rotatable bonds is 8. The van der Waals surface area contributed by atoms with Crippen LogP contribution in [0, 0.1) is 11.6 Å². The number of carbonyl (C=O) groups is 2. The number of nitrogens with one attached hydrogen (secondary N) is 1. The van der Waals surface area contributed by atoms with E-state index in [-0.39, 0.29) is 36.1 Å². The van der Waals surface area contributed by atoms with Gasteiger partial charge >= 0.3 is 5.97 Å². The van der Waals surface area contributed by atoms with Crippen LogP contribution < -0.4 is 10.1 Å². The minimum atomic E-state index is -0.997. The maximum absolute atomic E-state index is 13.3. The molecular weight excluding hydrogens is 340 g/mol. The molecule has 2 N–H and O–H groups in total. The second kappa shape index (κ2) is 8.39. The Morgan fingerprint density at radius 3 is 2.67 bits per heavy atom. The average molecular weight is 355 g/mol. The highest BCUT2D eigenvalue weighted by Crippen LogP contribution is 2.18. The van der Waals surface area contributed by atoms with E-state index in [4.69, 9.17) is 9.84 Å². The topological polar surface area (TPSA) is 75.6 Å². The number of thiophene rings is 1. The molecule has 1 heterocycles. The molecule has 0 aliphatic heterocycles. The normalized spacial score (nSPS) is 10.4. The number of halogens is 2. The molecule has 2 rings (SSSR count).